The molecule has 72 valence electrons. The van der Waals surface area contributed by atoms with E-state index in [4.69, 9.17) is 0 Å². The van der Waals surface area contributed by atoms with Crippen molar-refractivity contribution >= 4 is 5.78 Å². The van der Waals surface area contributed by atoms with Gasteiger partial charge in [0.15, 0.2) is 0 Å². The zero-order valence-corrected chi connectivity index (χ0v) is 7.79. The highest BCUT2D eigenvalue weighted by Crippen LogP contribution is 2.57. The summed E-state index contributed by atoms with van der Waals surface area (Å²) in [5.74, 6) is 0.500. The average Bonchev–Trinajstić information content (AvgIpc) is 2.58. The molecule has 0 atom stereocenters. The number of hydrogen-bond acceptors (Lipinski definition) is 1. The highest BCUT2D eigenvalue weighted by Gasteiger charge is 2.56. The van der Waals surface area contributed by atoms with Gasteiger partial charge in [-0.1, -0.05) is 12.1 Å². The fraction of sp³-hybridized carbons (Fsp3) is 0.417. The molecular weight excluding hydrogens is 179 g/mol. The Morgan fingerprint density at radius 1 is 1.21 bits per heavy atom. The molecule has 0 unspecified atom stereocenters. The summed E-state index contributed by atoms with van der Waals surface area (Å²) in [6, 6.07) is 6.62. The molecule has 3 aliphatic carbocycles. The lowest BCUT2D eigenvalue weighted by atomic mass is 9.65. The SMILES string of the molecule is O=C1CC2(c3ccc(F)cc3)CC1C2. The van der Waals surface area contributed by atoms with Gasteiger partial charge in [-0.05, 0) is 30.5 Å². The smallest absolute Gasteiger partial charge is 0.136 e. The van der Waals surface area contributed by atoms with E-state index in [0.29, 0.717) is 18.1 Å². The highest BCUT2D eigenvalue weighted by molar-refractivity contribution is 5.89. The van der Waals surface area contributed by atoms with E-state index < -0.39 is 0 Å². The van der Waals surface area contributed by atoms with Gasteiger partial charge in [0.2, 0.25) is 0 Å². The van der Waals surface area contributed by atoms with E-state index in [0.717, 1.165) is 18.4 Å². The summed E-state index contributed by atoms with van der Waals surface area (Å²) >= 11 is 0. The molecule has 3 fully saturated rings. The van der Waals surface area contributed by atoms with E-state index in [1.54, 1.807) is 0 Å². The predicted octanol–water partition coefficient (Wildman–Crippen LogP) is 2.45. The van der Waals surface area contributed by atoms with Crippen molar-refractivity contribution in [2.45, 2.75) is 24.7 Å². The highest BCUT2D eigenvalue weighted by atomic mass is 19.1. The number of rotatable bonds is 1. The topological polar surface area (TPSA) is 17.1 Å². The van der Waals surface area contributed by atoms with E-state index in [-0.39, 0.29) is 11.2 Å². The number of fused-ring (bicyclic) bond motifs is 1. The molecule has 1 aromatic rings. The number of carbonyl (C=O) groups is 1. The average molecular weight is 190 g/mol. The Labute approximate surface area is 81.9 Å². The Hall–Kier alpha value is -1.18. The Kier molecular flexibility index (Phi) is 1.42. The van der Waals surface area contributed by atoms with Crippen molar-refractivity contribution in [2.75, 3.05) is 0 Å². The van der Waals surface area contributed by atoms with Gasteiger partial charge in [-0.2, -0.15) is 0 Å². The second kappa shape index (κ2) is 2.44. The van der Waals surface area contributed by atoms with E-state index in [1.165, 1.54) is 12.1 Å². The quantitative estimate of drug-likeness (QED) is 0.664. The van der Waals surface area contributed by atoms with E-state index in [1.807, 2.05) is 12.1 Å². The molecular formula is C12H11FO. The summed E-state index contributed by atoms with van der Waals surface area (Å²) < 4.78 is 12.7. The summed E-state index contributed by atoms with van der Waals surface area (Å²) in [4.78, 5) is 11.4. The fourth-order valence-corrected chi connectivity index (χ4v) is 2.87. The van der Waals surface area contributed by atoms with Crippen LogP contribution in [0.25, 0.3) is 0 Å². The lowest BCUT2D eigenvalue weighted by Gasteiger charge is -2.37. The van der Waals surface area contributed by atoms with Crippen LogP contribution in [0.15, 0.2) is 24.3 Å². The molecule has 1 nitrogen and oxygen atoms in total. The molecule has 1 aromatic carbocycles. The second-order valence-corrected chi connectivity index (χ2v) is 4.54. The van der Waals surface area contributed by atoms with Crippen LogP contribution in [0.1, 0.15) is 24.8 Å². The molecule has 0 aliphatic heterocycles. The standard InChI is InChI=1S/C12H11FO/c13-10-3-1-9(2-4-10)12-5-8(6-12)11(14)7-12/h1-4,8H,5-7H2. The molecule has 0 aromatic heterocycles. The molecule has 2 bridgehead atoms. The van der Waals surface area contributed by atoms with Gasteiger partial charge < -0.3 is 0 Å². The van der Waals surface area contributed by atoms with Gasteiger partial charge >= 0.3 is 0 Å². The van der Waals surface area contributed by atoms with E-state index >= 15 is 0 Å². The Morgan fingerprint density at radius 2 is 1.86 bits per heavy atom. The van der Waals surface area contributed by atoms with Gasteiger partial charge in [0.05, 0.1) is 0 Å². The summed E-state index contributed by atoms with van der Waals surface area (Å²) in [5.41, 5.74) is 1.22. The molecule has 2 heteroatoms. The normalized spacial score (nSPS) is 34.4. The Balaban J connectivity index is 1.97. The lowest BCUT2D eigenvalue weighted by molar-refractivity contribution is -0.119. The van der Waals surface area contributed by atoms with Crippen molar-refractivity contribution < 1.29 is 9.18 Å². The third-order valence-electron chi connectivity index (χ3n) is 3.70. The van der Waals surface area contributed by atoms with Gasteiger partial charge in [-0.15, -0.1) is 0 Å². The van der Waals surface area contributed by atoms with Crippen LogP contribution in [0.3, 0.4) is 0 Å². The van der Waals surface area contributed by atoms with Crippen LogP contribution < -0.4 is 0 Å². The number of Topliss-reactive ketones (excluding diaryl/α,β-unsaturated/α-hetero) is 1. The molecule has 3 aliphatic rings. The van der Waals surface area contributed by atoms with Gasteiger partial charge in [0.1, 0.15) is 11.6 Å². The van der Waals surface area contributed by atoms with Crippen LogP contribution in [0.2, 0.25) is 0 Å². The summed E-state index contributed by atoms with van der Waals surface area (Å²) in [7, 11) is 0. The van der Waals surface area contributed by atoms with Gasteiger partial charge in [0, 0.05) is 17.8 Å². The van der Waals surface area contributed by atoms with Crippen molar-refractivity contribution in [1.82, 2.24) is 0 Å². The molecule has 4 rings (SSSR count). The van der Waals surface area contributed by atoms with Crippen LogP contribution in [0.4, 0.5) is 4.39 Å². The third kappa shape index (κ3) is 0.912. The van der Waals surface area contributed by atoms with Crippen LogP contribution in [0, 0.1) is 11.7 Å². The molecule has 14 heavy (non-hydrogen) atoms. The van der Waals surface area contributed by atoms with Crippen molar-refractivity contribution in [1.29, 1.82) is 0 Å². The molecule has 3 saturated carbocycles. The lowest BCUT2D eigenvalue weighted by Crippen LogP contribution is -2.32. The zero-order valence-electron chi connectivity index (χ0n) is 7.79. The van der Waals surface area contributed by atoms with Crippen molar-refractivity contribution in [2.24, 2.45) is 5.92 Å². The van der Waals surface area contributed by atoms with Crippen LogP contribution in [-0.2, 0) is 10.2 Å². The van der Waals surface area contributed by atoms with Crippen LogP contribution in [0.5, 0.6) is 0 Å². The third-order valence-corrected chi connectivity index (χ3v) is 3.70. The van der Waals surface area contributed by atoms with Crippen molar-refractivity contribution in [3.8, 4) is 0 Å². The largest absolute Gasteiger partial charge is 0.299 e. The zero-order chi connectivity index (χ0) is 9.76. The number of ketones is 1. The molecule has 0 amide bonds. The maximum Gasteiger partial charge on any atom is 0.136 e. The number of benzene rings is 1. The summed E-state index contributed by atoms with van der Waals surface area (Å²) in [5, 5.41) is 0. The predicted molar refractivity (Wildman–Crippen MR) is 50.4 cm³/mol. The van der Waals surface area contributed by atoms with E-state index in [9.17, 15) is 9.18 Å². The summed E-state index contributed by atoms with van der Waals surface area (Å²) in [6.45, 7) is 0. The number of carbonyl (C=O) groups excluding carboxylic acids is 1. The first-order chi connectivity index (χ1) is 6.70. The Morgan fingerprint density at radius 3 is 2.36 bits per heavy atom. The minimum Gasteiger partial charge on any atom is -0.299 e. The second-order valence-electron chi connectivity index (χ2n) is 4.54. The van der Waals surface area contributed by atoms with Crippen molar-refractivity contribution in [3.63, 3.8) is 0 Å². The first-order valence-corrected chi connectivity index (χ1v) is 4.98. The van der Waals surface area contributed by atoms with Gasteiger partial charge in [-0.25, -0.2) is 4.39 Å². The van der Waals surface area contributed by atoms with Crippen LogP contribution >= 0.6 is 0 Å². The molecule has 0 N–H and O–H groups in total. The Bertz CT molecular complexity index is 387. The van der Waals surface area contributed by atoms with E-state index in [2.05, 4.69) is 0 Å². The molecule has 0 saturated heterocycles. The first-order valence-electron chi connectivity index (χ1n) is 4.98. The minimum absolute atomic E-state index is 0.0788. The van der Waals surface area contributed by atoms with Gasteiger partial charge in [-0.3, -0.25) is 4.79 Å². The maximum absolute atomic E-state index is 12.7. The molecule has 0 heterocycles. The number of halogens is 1. The number of hydrogen-bond donors (Lipinski definition) is 0. The van der Waals surface area contributed by atoms with Crippen molar-refractivity contribution in [3.05, 3.63) is 35.6 Å². The molecule has 0 spiro atoms. The van der Waals surface area contributed by atoms with Crippen LogP contribution in [-0.4, -0.2) is 5.78 Å². The minimum atomic E-state index is -0.203. The summed E-state index contributed by atoms with van der Waals surface area (Å²) in [6.07, 6.45) is 2.64. The molecule has 0 radical (unpaired) electrons. The van der Waals surface area contributed by atoms with Gasteiger partial charge in [0.25, 0.3) is 0 Å². The fourth-order valence-electron chi connectivity index (χ4n) is 2.87. The first kappa shape index (κ1) is 8.16. The maximum atomic E-state index is 12.7. The monoisotopic (exact) mass is 190 g/mol.